The highest BCUT2D eigenvalue weighted by molar-refractivity contribution is 6.74. The molecule has 0 aromatic heterocycles. The van der Waals surface area contributed by atoms with Crippen molar-refractivity contribution in [3.8, 4) is 0 Å². The number of hydrogen-bond donors (Lipinski definition) is 0. The third-order valence-electron chi connectivity index (χ3n) is 3.57. The van der Waals surface area contributed by atoms with Crippen LogP contribution in [0.1, 0.15) is 34.6 Å². The van der Waals surface area contributed by atoms with Gasteiger partial charge in [0.25, 0.3) is 0 Å². The SMILES string of the molecule is C=C(OCC)[C@@H](O[Si](C)(C)C(C)(C)C)[C@H](C)C=O. The number of carbonyl (C=O) groups is 1. The van der Waals surface area contributed by atoms with Gasteiger partial charge >= 0.3 is 0 Å². The summed E-state index contributed by atoms with van der Waals surface area (Å²) in [7, 11) is -1.94. The summed E-state index contributed by atoms with van der Waals surface area (Å²) in [5, 5.41) is 0.0976. The fraction of sp³-hybridized carbons (Fsp3) is 0.786. The van der Waals surface area contributed by atoms with E-state index in [4.69, 9.17) is 9.16 Å². The van der Waals surface area contributed by atoms with Gasteiger partial charge in [0.05, 0.1) is 6.61 Å². The van der Waals surface area contributed by atoms with E-state index in [1.807, 2.05) is 13.8 Å². The molecule has 0 aromatic carbocycles. The Hall–Kier alpha value is -0.613. The highest BCUT2D eigenvalue weighted by Crippen LogP contribution is 2.38. The van der Waals surface area contributed by atoms with Crippen LogP contribution in [0.25, 0.3) is 0 Å². The van der Waals surface area contributed by atoms with E-state index in [-0.39, 0.29) is 17.1 Å². The van der Waals surface area contributed by atoms with Crippen LogP contribution in [0.5, 0.6) is 0 Å². The van der Waals surface area contributed by atoms with Gasteiger partial charge in [0.2, 0.25) is 0 Å². The van der Waals surface area contributed by atoms with Gasteiger partial charge in [0.1, 0.15) is 18.1 Å². The summed E-state index contributed by atoms with van der Waals surface area (Å²) < 4.78 is 11.7. The van der Waals surface area contributed by atoms with Crippen molar-refractivity contribution in [2.24, 2.45) is 5.92 Å². The van der Waals surface area contributed by atoms with Crippen molar-refractivity contribution >= 4 is 14.6 Å². The second-order valence-electron chi connectivity index (χ2n) is 6.19. The minimum absolute atomic E-state index is 0.0976. The molecule has 0 N–H and O–H groups in total. The van der Waals surface area contributed by atoms with Crippen LogP contribution in [0.15, 0.2) is 12.3 Å². The van der Waals surface area contributed by atoms with E-state index in [9.17, 15) is 4.79 Å². The minimum Gasteiger partial charge on any atom is -0.496 e. The van der Waals surface area contributed by atoms with Crippen LogP contribution < -0.4 is 0 Å². The lowest BCUT2D eigenvalue weighted by molar-refractivity contribution is -0.113. The maximum Gasteiger partial charge on any atom is 0.193 e. The molecule has 4 heteroatoms. The molecule has 3 nitrogen and oxygen atoms in total. The molecule has 0 radical (unpaired) electrons. The van der Waals surface area contributed by atoms with Crippen LogP contribution in [0.3, 0.4) is 0 Å². The first-order valence-electron chi connectivity index (χ1n) is 6.51. The highest BCUT2D eigenvalue weighted by Gasteiger charge is 2.41. The standard InChI is InChI=1S/C14H28O3Si/c1-9-16-12(3)13(11(2)10-15)17-18(7,8)14(4,5)6/h10-11,13H,3,9H2,1-2,4-8H3/t11-,13+/m1/s1. The Morgan fingerprint density at radius 3 is 2.22 bits per heavy atom. The molecule has 0 spiro atoms. The summed E-state index contributed by atoms with van der Waals surface area (Å²) in [6.45, 7) is 19.0. The smallest absolute Gasteiger partial charge is 0.193 e. The monoisotopic (exact) mass is 272 g/mol. The van der Waals surface area contributed by atoms with Crippen LogP contribution in [0, 0.1) is 5.92 Å². The Balaban J connectivity index is 5.01. The van der Waals surface area contributed by atoms with Gasteiger partial charge in [0, 0.05) is 5.92 Å². The molecular weight excluding hydrogens is 244 g/mol. The average Bonchev–Trinajstić information content (AvgIpc) is 2.23. The first kappa shape index (κ1) is 17.4. The average molecular weight is 272 g/mol. The Morgan fingerprint density at radius 1 is 1.39 bits per heavy atom. The molecule has 0 heterocycles. The van der Waals surface area contributed by atoms with Crippen molar-refractivity contribution in [1.29, 1.82) is 0 Å². The van der Waals surface area contributed by atoms with Gasteiger partial charge in [0.15, 0.2) is 8.32 Å². The number of rotatable bonds is 7. The van der Waals surface area contributed by atoms with Gasteiger partial charge in [-0.15, -0.1) is 0 Å². The predicted octanol–water partition coefficient (Wildman–Crippen LogP) is 3.76. The second kappa shape index (κ2) is 6.52. The molecule has 18 heavy (non-hydrogen) atoms. The van der Waals surface area contributed by atoms with Gasteiger partial charge in [-0.05, 0) is 25.1 Å². The van der Waals surface area contributed by atoms with E-state index in [1.54, 1.807) is 0 Å². The first-order valence-corrected chi connectivity index (χ1v) is 9.42. The number of hydrogen-bond acceptors (Lipinski definition) is 3. The van der Waals surface area contributed by atoms with Crippen LogP contribution >= 0.6 is 0 Å². The molecule has 0 fully saturated rings. The molecular formula is C14H28O3Si. The van der Waals surface area contributed by atoms with Crippen molar-refractivity contribution in [1.82, 2.24) is 0 Å². The molecule has 0 rings (SSSR count). The number of aldehydes is 1. The lowest BCUT2D eigenvalue weighted by atomic mass is 10.1. The first-order chi connectivity index (χ1) is 8.06. The zero-order chi connectivity index (χ0) is 14.6. The second-order valence-corrected chi connectivity index (χ2v) is 10.9. The van der Waals surface area contributed by atoms with Crippen LogP contribution in [-0.2, 0) is 14.0 Å². The fourth-order valence-electron chi connectivity index (χ4n) is 1.30. The topological polar surface area (TPSA) is 35.5 Å². The number of carbonyl (C=O) groups excluding carboxylic acids is 1. The molecule has 0 amide bonds. The van der Waals surface area contributed by atoms with Gasteiger partial charge in [-0.2, -0.15) is 0 Å². The van der Waals surface area contributed by atoms with Gasteiger partial charge in [-0.3, -0.25) is 0 Å². The lowest BCUT2D eigenvalue weighted by Gasteiger charge is -2.40. The van der Waals surface area contributed by atoms with Crippen LogP contribution in [-0.4, -0.2) is 27.3 Å². The molecule has 0 aliphatic rings. The summed E-state index contributed by atoms with van der Waals surface area (Å²) in [5.74, 6) is 0.320. The van der Waals surface area contributed by atoms with Gasteiger partial charge < -0.3 is 14.0 Å². The highest BCUT2D eigenvalue weighted by atomic mass is 28.4. The summed E-state index contributed by atoms with van der Waals surface area (Å²) in [6.07, 6.45) is 0.561. The molecule has 0 aliphatic carbocycles. The summed E-state index contributed by atoms with van der Waals surface area (Å²) >= 11 is 0. The zero-order valence-corrected chi connectivity index (χ0v) is 13.9. The molecule has 0 unspecified atom stereocenters. The summed E-state index contributed by atoms with van der Waals surface area (Å²) in [4.78, 5) is 11.0. The summed E-state index contributed by atoms with van der Waals surface area (Å²) in [5.41, 5.74) is 0. The largest absolute Gasteiger partial charge is 0.496 e. The summed E-state index contributed by atoms with van der Waals surface area (Å²) in [6, 6.07) is 0. The molecule has 0 saturated carbocycles. The predicted molar refractivity (Wildman–Crippen MR) is 78.1 cm³/mol. The Labute approximate surface area is 113 Å². The fourth-order valence-corrected chi connectivity index (χ4v) is 2.63. The Bertz CT molecular complexity index is 292. The van der Waals surface area contributed by atoms with Gasteiger partial charge in [-0.25, -0.2) is 0 Å². The Kier molecular flexibility index (Phi) is 6.30. The van der Waals surface area contributed by atoms with Crippen molar-refractivity contribution in [3.63, 3.8) is 0 Å². The molecule has 0 saturated heterocycles. The lowest BCUT2D eigenvalue weighted by Crippen LogP contribution is -2.46. The van der Waals surface area contributed by atoms with E-state index >= 15 is 0 Å². The molecule has 0 bridgehead atoms. The van der Waals surface area contributed by atoms with Crippen LogP contribution in [0.2, 0.25) is 18.1 Å². The zero-order valence-electron chi connectivity index (χ0n) is 12.9. The van der Waals surface area contributed by atoms with E-state index in [1.165, 1.54) is 0 Å². The minimum atomic E-state index is -1.94. The van der Waals surface area contributed by atoms with Gasteiger partial charge in [-0.1, -0.05) is 34.3 Å². The van der Waals surface area contributed by atoms with E-state index in [0.717, 1.165) is 6.29 Å². The van der Waals surface area contributed by atoms with Crippen molar-refractivity contribution < 1.29 is 14.0 Å². The normalized spacial score (nSPS) is 15.9. The van der Waals surface area contributed by atoms with E-state index in [0.29, 0.717) is 12.4 Å². The maximum atomic E-state index is 11.0. The molecule has 106 valence electrons. The quantitative estimate of drug-likeness (QED) is 0.402. The molecule has 0 aliphatic heterocycles. The van der Waals surface area contributed by atoms with Crippen molar-refractivity contribution in [3.05, 3.63) is 12.3 Å². The molecule has 0 aromatic rings. The maximum absolute atomic E-state index is 11.0. The van der Waals surface area contributed by atoms with E-state index in [2.05, 4.69) is 40.4 Å². The third-order valence-corrected chi connectivity index (χ3v) is 8.02. The van der Waals surface area contributed by atoms with Crippen molar-refractivity contribution in [2.45, 2.75) is 58.9 Å². The third kappa shape index (κ3) is 4.57. The van der Waals surface area contributed by atoms with E-state index < -0.39 is 8.32 Å². The van der Waals surface area contributed by atoms with Crippen LogP contribution in [0.4, 0.5) is 0 Å². The molecule has 2 atom stereocenters. The number of ether oxygens (including phenoxy) is 1. The van der Waals surface area contributed by atoms with Crippen molar-refractivity contribution in [2.75, 3.05) is 6.61 Å². The Morgan fingerprint density at radius 2 is 1.89 bits per heavy atom.